The first kappa shape index (κ1) is 24.7. The van der Waals surface area contributed by atoms with E-state index in [4.69, 9.17) is 16.3 Å². The summed E-state index contributed by atoms with van der Waals surface area (Å²) in [5.41, 5.74) is 1.06. The van der Waals surface area contributed by atoms with Crippen molar-refractivity contribution in [1.29, 1.82) is 0 Å². The molecule has 0 radical (unpaired) electrons. The van der Waals surface area contributed by atoms with E-state index in [1.54, 1.807) is 6.92 Å². The van der Waals surface area contributed by atoms with Crippen molar-refractivity contribution in [3.8, 4) is 5.75 Å². The Balaban J connectivity index is 1.78. The third-order valence-corrected chi connectivity index (χ3v) is 6.30. The van der Waals surface area contributed by atoms with Crippen molar-refractivity contribution in [3.63, 3.8) is 0 Å². The van der Waals surface area contributed by atoms with Crippen LogP contribution in [-0.4, -0.2) is 16.1 Å². The van der Waals surface area contributed by atoms with Gasteiger partial charge in [0, 0.05) is 11.8 Å². The Morgan fingerprint density at radius 2 is 1.89 bits per heavy atom. The molecule has 0 aliphatic heterocycles. The lowest BCUT2D eigenvalue weighted by Crippen LogP contribution is -2.10. The minimum absolute atomic E-state index is 0.00357. The maximum Gasteiger partial charge on any atom is 0.417 e. The van der Waals surface area contributed by atoms with E-state index in [2.05, 4.69) is 4.98 Å². The number of pyridine rings is 1. The summed E-state index contributed by atoms with van der Waals surface area (Å²) in [6.07, 6.45) is -1.69. The lowest BCUT2D eigenvalue weighted by molar-refractivity contribution is -0.137. The number of hydrogen-bond acceptors (Lipinski definition) is 3. The predicted molar refractivity (Wildman–Crippen MR) is 124 cm³/mol. The van der Waals surface area contributed by atoms with Crippen LogP contribution < -0.4 is 4.74 Å². The molecule has 0 saturated carbocycles. The van der Waals surface area contributed by atoms with Crippen LogP contribution in [0, 0.1) is 12.7 Å². The molecule has 0 atom stereocenters. The zero-order chi connectivity index (χ0) is 25.3. The average molecular weight is 506 g/mol. The van der Waals surface area contributed by atoms with Crippen molar-refractivity contribution in [2.24, 2.45) is 0 Å². The smallest absolute Gasteiger partial charge is 0.417 e. The van der Waals surface area contributed by atoms with E-state index in [0.29, 0.717) is 41.7 Å². The molecule has 3 aromatic rings. The van der Waals surface area contributed by atoms with Crippen molar-refractivity contribution < 1.29 is 32.2 Å². The molecule has 35 heavy (non-hydrogen) atoms. The second kappa shape index (κ2) is 9.70. The predicted octanol–water partition coefficient (Wildman–Crippen LogP) is 7.57. The molecule has 0 fully saturated rings. The highest BCUT2D eigenvalue weighted by atomic mass is 35.5. The summed E-state index contributed by atoms with van der Waals surface area (Å²) in [4.78, 5) is 15.7. The standard InChI is InChI=1S/C26H20ClF4NO3/c1-14-19(25(33)34)10-15(12-32-14)17-4-2-5-18(17)20-11-16(8-9-22(20)26(29,30)31)35-13-21-23(27)6-3-7-24(21)28/h3,6-12H,2,4-5,13H2,1H3,(H,33,34). The molecule has 0 spiro atoms. The van der Waals surface area contributed by atoms with Crippen LogP contribution in [0.1, 0.15) is 57.6 Å². The summed E-state index contributed by atoms with van der Waals surface area (Å²) < 4.78 is 61.5. The highest BCUT2D eigenvalue weighted by Crippen LogP contribution is 2.45. The molecule has 182 valence electrons. The number of hydrogen-bond donors (Lipinski definition) is 1. The van der Waals surface area contributed by atoms with E-state index < -0.39 is 23.5 Å². The minimum Gasteiger partial charge on any atom is -0.489 e. The molecule has 0 unspecified atom stereocenters. The third-order valence-electron chi connectivity index (χ3n) is 5.95. The van der Waals surface area contributed by atoms with Crippen molar-refractivity contribution in [2.75, 3.05) is 0 Å². The third kappa shape index (κ3) is 5.17. The zero-order valence-electron chi connectivity index (χ0n) is 18.5. The number of carboxylic acids is 1. The number of aromatic carboxylic acids is 1. The molecule has 4 nitrogen and oxygen atoms in total. The van der Waals surface area contributed by atoms with Gasteiger partial charge in [0.15, 0.2) is 0 Å². The molecule has 0 saturated heterocycles. The number of halogens is 5. The van der Waals surface area contributed by atoms with E-state index >= 15 is 0 Å². The maximum absolute atomic E-state index is 14.1. The van der Waals surface area contributed by atoms with Crippen LogP contribution in [0.15, 0.2) is 48.7 Å². The van der Waals surface area contributed by atoms with Gasteiger partial charge in [-0.3, -0.25) is 4.98 Å². The van der Waals surface area contributed by atoms with E-state index in [1.165, 1.54) is 42.6 Å². The molecule has 0 amide bonds. The van der Waals surface area contributed by atoms with Gasteiger partial charge in [-0.25, -0.2) is 9.18 Å². The van der Waals surface area contributed by atoms with Gasteiger partial charge >= 0.3 is 12.1 Å². The Labute approximate surface area is 203 Å². The fraction of sp³-hybridized carbons (Fsp3) is 0.231. The summed E-state index contributed by atoms with van der Waals surface area (Å²) in [5, 5.41) is 9.59. The van der Waals surface area contributed by atoms with Crippen LogP contribution in [0.5, 0.6) is 5.75 Å². The van der Waals surface area contributed by atoms with Gasteiger partial charge < -0.3 is 9.84 Å². The number of aryl methyl sites for hydroxylation is 1. The fourth-order valence-corrected chi connectivity index (χ4v) is 4.43. The maximum atomic E-state index is 14.1. The zero-order valence-corrected chi connectivity index (χ0v) is 19.3. The van der Waals surface area contributed by atoms with E-state index in [9.17, 15) is 27.5 Å². The average Bonchev–Trinajstić information content (AvgIpc) is 3.28. The molecule has 1 heterocycles. The lowest BCUT2D eigenvalue weighted by Gasteiger charge is -2.18. The number of carbonyl (C=O) groups is 1. The summed E-state index contributed by atoms with van der Waals surface area (Å²) in [7, 11) is 0. The summed E-state index contributed by atoms with van der Waals surface area (Å²) in [6.45, 7) is 1.30. The number of ether oxygens (including phenoxy) is 1. The van der Waals surface area contributed by atoms with Crippen LogP contribution in [-0.2, 0) is 12.8 Å². The van der Waals surface area contributed by atoms with Gasteiger partial charge in [-0.2, -0.15) is 13.2 Å². The largest absolute Gasteiger partial charge is 0.489 e. The summed E-state index contributed by atoms with van der Waals surface area (Å²) >= 11 is 6.02. The van der Waals surface area contributed by atoms with Crippen LogP contribution in [0.4, 0.5) is 17.6 Å². The highest BCUT2D eigenvalue weighted by Gasteiger charge is 2.35. The number of benzene rings is 2. The van der Waals surface area contributed by atoms with Crippen molar-refractivity contribution in [1.82, 2.24) is 4.98 Å². The molecule has 1 aliphatic carbocycles. The van der Waals surface area contributed by atoms with E-state index in [1.807, 2.05) is 0 Å². The van der Waals surface area contributed by atoms with Gasteiger partial charge in [0.2, 0.25) is 0 Å². The molecule has 2 aromatic carbocycles. The van der Waals surface area contributed by atoms with Gasteiger partial charge in [0.25, 0.3) is 0 Å². The molecule has 1 aliphatic rings. The van der Waals surface area contributed by atoms with Gasteiger partial charge in [-0.1, -0.05) is 17.7 Å². The SMILES string of the molecule is Cc1ncc(C2=C(c3cc(OCc4c(F)cccc4Cl)ccc3C(F)(F)F)CCC2)cc1C(=O)O. The number of nitrogens with zero attached hydrogens (tertiary/aromatic N) is 1. The van der Waals surface area contributed by atoms with Crippen molar-refractivity contribution >= 4 is 28.7 Å². The normalized spacial score (nSPS) is 13.9. The second-order valence-electron chi connectivity index (χ2n) is 8.17. The molecule has 4 rings (SSSR count). The first-order valence-corrected chi connectivity index (χ1v) is 11.1. The van der Waals surface area contributed by atoms with Gasteiger partial charge in [0.1, 0.15) is 18.2 Å². The minimum atomic E-state index is -4.62. The summed E-state index contributed by atoms with van der Waals surface area (Å²) in [5.74, 6) is -1.61. The van der Waals surface area contributed by atoms with E-state index in [0.717, 1.165) is 6.07 Å². The molecular formula is C26H20ClF4NO3. The van der Waals surface area contributed by atoms with Crippen molar-refractivity contribution in [3.05, 3.63) is 93.0 Å². The topological polar surface area (TPSA) is 59.4 Å². The number of rotatable bonds is 6. The van der Waals surface area contributed by atoms with Crippen LogP contribution in [0.2, 0.25) is 5.02 Å². The van der Waals surface area contributed by atoms with Gasteiger partial charge in [-0.05, 0) is 84.9 Å². The number of allylic oxidation sites excluding steroid dienone is 2. The van der Waals surface area contributed by atoms with Gasteiger partial charge in [0.05, 0.1) is 21.8 Å². The monoisotopic (exact) mass is 505 g/mol. The molecular weight excluding hydrogens is 486 g/mol. The van der Waals surface area contributed by atoms with Crippen molar-refractivity contribution in [2.45, 2.75) is 39.0 Å². The molecule has 1 N–H and O–H groups in total. The van der Waals surface area contributed by atoms with Crippen LogP contribution in [0.3, 0.4) is 0 Å². The summed E-state index contributed by atoms with van der Waals surface area (Å²) in [6, 6.07) is 9.02. The molecule has 9 heteroatoms. The number of carboxylic acid groups (broad SMARTS) is 1. The number of alkyl halides is 3. The highest BCUT2D eigenvalue weighted by molar-refractivity contribution is 6.31. The van der Waals surface area contributed by atoms with Crippen LogP contribution in [0.25, 0.3) is 11.1 Å². The van der Waals surface area contributed by atoms with Crippen LogP contribution >= 0.6 is 11.6 Å². The quantitative estimate of drug-likeness (QED) is 0.351. The van der Waals surface area contributed by atoms with E-state index in [-0.39, 0.29) is 34.1 Å². The Morgan fingerprint density at radius 1 is 1.14 bits per heavy atom. The first-order valence-electron chi connectivity index (χ1n) is 10.8. The molecule has 1 aromatic heterocycles. The number of aromatic nitrogens is 1. The first-order chi connectivity index (χ1) is 16.6. The Hall–Kier alpha value is -3.39. The lowest BCUT2D eigenvalue weighted by atomic mass is 9.93. The molecule has 0 bridgehead atoms. The Kier molecular flexibility index (Phi) is 6.85. The second-order valence-corrected chi connectivity index (χ2v) is 8.57. The fourth-order valence-electron chi connectivity index (χ4n) is 4.21. The van der Waals surface area contributed by atoms with Gasteiger partial charge in [-0.15, -0.1) is 0 Å². The Morgan fingerprint density at radius 3 is 2.57 bits per heavy atom. The Bertz CT molecular complexity index is 1310.